The van der Waals surface area contributed by atoms with Gasteiger partial charge in [0.1, 0.15) is 5.75 Å². The monoisotopic (exact) mass is 317 g/mol. The van der Waals surface area contributed by atoms with Crippen LogP contribution >= 0.6 is 0 Å². The van der Waals surface area contributed by atoms with E-state index in [4.69, 9.17) is 10.5 Å². The Balaban J connectivity index is 1.68. The van der Waals surface area contributed by atoms with Crippen LogP contribution in [0.5, 0.6) is 5.75 Å². The van der Waals surface area contributed by atoms with Crippen molar-refractivity contribution in [2.75, 3.05) is 26.7 Å². The Hall–Kier alpha value is -2.24. The molecule has 0 radical (unpaired) electrons. The van der Waals surface area contributed by atoms with E-state index in [1.807, 2.05) is 23.1 Å². The maximum absolute atomic E-state index is 12.8. The van der Waals surface area contributed by atoms with Crippen LogP contribution in [0.4, 0.5) is 4.79 Å². The first-order chi connectivity index (χ1) is 11.1. The van der Waals surface area contributed by atoms with Crippen molar-refractivity contribution < 1.29 is 14.3 Å². The Morgan fingerprint density at radius 3 is 2.78 bits per heavy atom. The van der Waals surface area contributed by atoms with Crippen molar-refractivity contribution in [1.82, 2.24) is 9.80 Å². The molecule has 0 aromatic heterocycles. The second kappa shape index (κ2) is 6.48. The molecule has 2 aliphatic heterocycles. The fourth-order valence-electron chi connectivity index (χ4n) is 3.48. The highest BCUT2D eigenvalue weighted by Crippen LogP contribution is 2.26. The first-order valence-corrected chi connectivity index (χ1v) is 8.07. The summed E-state index contributed by atoms with van der Waals surface area (Å²) in [4.78, 5) is 27.6. The number of nitrogens with two attached hydrogens (primary N) is 1. The lowest BCUT2D eigenvalue weighted by atomic mass is 9.94. The zero-order valence-corrected chi connectivity index (χ0v) is 13.5. The van der Waals surface area contributed by atoms with Crippen LogP contribution in [0.1, 0.15) is 24.0 Å². The van der Waals surface area contributed by atoms with Crippen LogP contribution in [0.25, 0.3) is 0 Å². The number of amides is 3. The van der Waals surface area contributed by atoms with Crippen LogP contribution in [0, 0.1) is 5.92 Å². The number of fused-ring (bicyclic) bond motifs is 1. The number of hydrogen-bond acceptors (Lipinski definition) is 3. The molecule has 6 heteroatoms. The SMILES string of the molecule is COc1ccc2c(c1)CCN(C(=O)C1CCCN(C(N)=O)C1)C2. The van der Waals surface area contributed by atoms with Crippen LogP contribution < -0.4 is 10.5 Å². The maximum atomic E-state index is 12.8. The molecule has 1 aromatic rings. The minimum Gasteiger partial charge on any atom is -0.497 e. The summed E-state index contributed by atoms with van der Waals surface area (Å²) in [5.74, 6) is 0.862. The largest absolute Gasteiger partial charge is 0.497 e. The fourth-order valence-corrected chi connectivity index (χ4v) is 3.48. The highest BCUT2D eigenvalue weighted by Gasteiger charge is 2.32. The summed E-state index contributed by atoms with van der Waals surface area (Å²) in [6.07, 6.45) is 2.50. The van der Waals surface area contributed by atoms with Gasteiger partial charge in [-0.05, 0) is 42.5 Å². The summed E-state index contributed by atoms with van der Waals surface area (Å²) in [7, 11) is 1.66. The molecule has 2 aliphatic rings. The summed E-state index contributed by atoms with van der Waals surface area (Å²) < 4.78 is 5.25. The standard InChI is InChI=1S/C17H23N3O3/c1-23-15-5-4-13-10-19(8-6-12(13)9-15)16(21)14-3-2-7-20(11-14)17(18)22/h4-5,9,14H,2-3,6-8,10-11H2,1H3,(H2,18,22). The van der Waals surface area contributed by atoms with Crippen molar-refractivity contribution in [1.29, 1.82) is 0 Å². The van der Waals surface area contributed by atoms with E-state index < -0.39 is 6.03 Å². The van der Waals surface area contributed by atoms with Crippen molar-refractivity contribution in [3.63, 3.8) is 0 Å². The van der Waals surface area contributed by atoms with Crippen molar-refractivity contribution in [3.8, 4) is 5.75 Å². The first-order valence-electron chi connectivity index (χ1n) is 8.07. The van der Waals surface area contributed by atoms with Crippen LogP contribution in [0.3, 0.4) is 0 Å². The highest BCUT2D eigenvalue weighted by atomic mass is 16.5. The third kappa shape index (κ3) is 3.25. The molecular formula is C17H23N3O3. The minimum atomic E-state index is -0.432. The third-order valence-corrected chi connectivity index (χ3v) is 4.82. The number of piperidine rings is 1. The number of likely N-dealkylation sites (tertiary alicyclic amines) is 1. The summed E-state index contributed by atoms with van der Waals surface area (Å²) in [5.41, 5.74) is 7.77. The van der Waals surface area contributed by atoms with Crippen molar-refractivity contribution in [2.45, 2.75) is 25.8 Å². The summed E-state index contributed by atoms with van der Waals surface area (Å²) in [6, 6.07) is 5.58. The number of benzene rings is 1. The van der Waals surface area contributed by atoms with Crippen molar-refractivity contribution in [2.24, 2.45) is 11.7 Å². The molecule has 0 spiro atoms. The van der Waals surface area contributed by atoms with Crippen molar-refractivity contribution >= 4 is 11.9 Å². The Kier molecular flexibility index (Phi) is 4.41. The molecule has 0 saturated carbocycles. The quantitative estimate of drug-likeness (QED) is 0.895. The van der Waals surface area contributed by atoms with E-state index in [2.05, 4.69) is 0 Å². The Morgan fingerprint density at radius 2 is 2.04 bits per heavy atom. The number of carbonyl (C=O) groups excluding carboxylic acids is 2. The average molecular weight is 317 g/mol. The molecule has 1 aromatic carbocycles. The van der Waals surface area contributed by atoms with Gasteiger partial charge in [-0.3, -0.25) is 4.79 Å². The zero-order chi connectivity index (χ0) is 16.4. The van der Waals surface area contributed by atoms with Gasteiger partial charge in [0, 0.05) is 26.2 Å². The molecule has 2 N–H and O–H groups in total. The number of urea groups is 1. The van der Waals surface area contributed by atoms with Gasteiger partial charge in [0.15, 0.2) is 0 Å². The number of ether oxygens (including phenoxy) is 1. The fraction of sp³-hybridized carbons (Fsp3) is 0.529. The van der Waals surface area contributed by atoms with E-state index in [9.17, 15) is 9.59 Å². The Bertz CT molecular complexity index is 617. The lowest BCUT2D eigenvalue weighted by Gasteiger charge is -2.36. The Morgan fingerprint density at radius 1 is 1.22 bits per heavy atom. The molecule has 1 unspecified atom stereocenters. The number of carbonyl (C=O) groups is 2. The molecule has 0 aliphatic carbocycles. The smallest absolute Gasteiger partial charge is 0.314 e. The second-order valence-corrected chi connectivity index (χ2v) is 6.27. The molecule has 124 valence electrons. The van der Waals surface area contributed by atoms with Gasteiger partial charge in [0.25, 0.3) is 0 Å². The van der Waals surface area contributed by atoms with E-state index in [0.29, 0.717) is 26.2 Å². The van der Waals surface area contributed by atoms with Gasteiger partial charge in [-0.2, -0.15) is 0 Å². The Labute approximate surface area is 136 Å². The van der Waals surface area contributed by atoms with Crippen LogP contribution in [0.15, 0.2) is 18.2 Å². The normalized spacial score (nSPS) is 20.8. The first kappa shape index (κ1) is 15.6. The van der Waals surface area contributed by atoms with Crippen LogP contribution in [-0.2, 0) is 17.8 Å². The van der Waals surface area contributed by atoms with Gasteiger partial charge in [-0.1, -0.05) is 6.07 Å². The predicted octanol–water partition coefficient (Wildman–Crippen LogP) is 1.37. The van der Waals surface area contributed by atoms with Gasteiger partial charge in [0.2, 0.25) is 5.91 Å². The van der Waals surface area contributed by atoms with E-state index >= 15 is 0 Å². The molecular weight excluding hydrogens is 294 g/mol. The molecule has 1 fully saturated rings. The molecule has 3 amide bonds. The molecule has 3 rings (SSSR count). The van der Waals surface area contributed by atoms with Crippen LogP contribution in [0.2, 0.25) is 0 Å². The summed E-state index contributed by atoms with van der Waals surface area (Å²) in [6.45, 7) is 2.44. The lowest BCUT2D eigenvalue weighted by Crippen LogP contribution is -2.49. The minimum absolute atomic E-state index is 0.129. The van der Waals surface area contributed by atoms with E-state index in [1.54, 1.807) is 12.0 Å². The van der Waals surface area contributed by atoms with Gasteiger partial charge in [0.05, 0.1) is 13.0 Å². The van der Waals surface area contributed by atoms with Gasteiger partial charge in [-0.15, -0.1) is 0 Å². The third-order valence-electron chi connectivity index (χ3n) is 4.82. The number of hydrogen-bond donors (Lipinski definition) is 1. The number of methoxy groups -OCH3 is 1. The second-order valence-electron chi connectivity index (χ2n) is 6.27. The maximum Gasteiger partial charge on any atom is 0.314 e. The molecule has 1 atom stereocenters. The number of primary amides is 1. The van der Waals surface area contributed by atoms with E-state index in [1.165, 1.54) is 11.1 Å². The van der Waals surface area contributed by atoms with Crippen LogP contribution in [-0.4, -0.2) is 48.5 Å². The lowest BCUT2D eigenvalue weighted by molar-refractivity contribution is -0.137. The molecule has 23 heavy (non-hydrogen) atoms. The van der Waals surface area contributed by atoms with Crippen molar-refractivity contribution in [3.05, 3.63) is 29.3 Å². The highest BCUT2D eigenvalue weighted by molar-refractivity contribution is 5.81. The van der Waals surface area contributed by atoms with E-state index in [0.717, 1.165) is 25.0 Å². The molecule has 2 heterocycles. The summed E-state index contributed by atoms with van der Waals surface area (Å²) >= 11 is 0. The summed E-state index contributed by atoms with van der Waals surface area (Å²) in [5, 5.41) is 0. The zero-order valence-electron chi connectivity index (χ0n) is 13.5. The topological polar surface area (TPSA) is 75.9 Å². The average Bonchev–Trinajstić information content (AvgIpc) is 2.60. The molecule has 0 bridgehead atoms. The van der Waals surface area contributed by atoms with Gasteiger partial charge in [-0.25, -0.2) is 4.79 Å². The van der Waals surface area contributed by atoms with E-state index in [-0.39, 0.29) is 11.8 Å². The molecule has 6 nitrogen and oxygen atoms in total. The molecule has 1 saturated heterocycles. The van der Waals surface area contributed by atoms with Gasteiger partial charge >= 0.3 is 6.03 Å². The van der Waals surface area contributed by atoms with Gasteiger partial charge < -0.3 is 20.3 Å². The number of nitrogens with zero attached hydrogens (tertiary/aromatic N) is 2. The number of rotatable bonds is 2. The predicted molar refractivity (Wildman–Crippen MR) is 86.0 cm³/mol.